The maximum atomic E-state index is 13.2. The van der Waals surface area contributed by atoms with Crippen molar-refractivity contribution in [2.75, 3.05) is 37.1 Å². The molecule has 192 valence electrons. The van der Waals surface area contributed by atoms with E-state index in [4.69, 9.17) is 9.47 Å². The first-order valence-electron chi connectivity index (χ1n) is 12.1. The van der Waals surface area contributed by atoms with E-state index in [0.29, 0.717) is 35.3 Å². The number of nitrogens with zero attached hydrogens (tertiary/aromatic N) is 2. The molecule has 4 bridgehead atoms. The van der Waals surface area contributed by atoms with Crippen LogP contribution in [0.5, 0.6) is 0 Å². The molecule has 2 amide bonds. The van der Waals surface area contributed by atoms with Crippen LogP contribution < -0.4 is 9.80 Å². The molecule has 1 heterocycles. The largest absolute Gasteiger partial charge is 0.452 e. The predicted molar refractivity (Wildman–Crippen MR) is 138 cm³/mol. The first-order valence-corrected chi connectivity index (χ1v) is 12.1. The predicted octanol–water partition coefficient (Wildman–Crippen LogP) is 5.71. The van der Waals surface area contributed by atoms with Gasteiger partial charge in [-0.05, 0) is 74.9 Å². The lowest BCUT2D eigenvalue weighted by atomic mass is 9.96. The van der Waals surface area contributed by atoms with Gasteiger partial charge < -0.3 is 9.47 Å². The van der Waals surface area contributed by atoms with E-state index < -0.39 is 12.2 Å². The second kappa shape index (κ2) is 11.4. The number of amides is 2. The summed E-state index contributed by atoms with van der Waals surface area (Å²) in [6.07, 6.45) is 0.104. The zero-order valence-corrected chi connectivity index (χ0v) is 21.9. The average Bonchev–Trinajstić information content (AvgIpc) is 2.84. The van der Waals surface area contributed by atoms with Gasteiger partial charge in [0.05, 0.1) is 25.6 Å². The van der Waals surface area contributed by atoms with E-state index in [-0.39, 0.29) is 37.5 Å². The molecule has 0 atom stereocenters. The third-order valence-electron chi connectivity index (χ3n) is 6.63. The normalized spacial score (nSPS) is 15.1. The fourth-order valence-corrected chi connectivity index (χ4v) is 4.77. The van der Waals surface area contributed by atoms with Crippen molar-refractivity contribution in [3.05, 3.63) is 57.6 Å². The topological polar surface area (TPSA) is 93.2 Å². The quantitative estimate of drug-likeness (QED) is 0.466. The van der Waals surface area contributed by atoms with Gasteiger partial charge in [0.1, 0.15) is 0 Å². The Balaban J connectivity index is 2.09. The highest BCUT2D eigenvalue weighted by Gasteiger charge is 2.25. The van der Waals surface area contributed by atoms with Gasteiger partial charge in [0, 0.05) is 37.1 Å². The SMILES string of the molecule is COC(=O)N1CCCC(=O)c2cc(c(C)cc2C)N(C(=O)OC)CCCC(=O)c2cc1c(C)cc2C. The van der Waals surface area contributed by atoms with E-state index in [9.17, 15) is 19.2 Å². The molecule has 0 fully saturated rings. The number of ketones is 2. The molecule has 0 N–H and O–H groups in total. The van der Waals surface area contributed by atoms with Gasteiger partial charge in [-0.1, -0.05) is 12.1 Å². The highest BCUT2D eigenvalue weighted by atomic mass is 16.5. The van der Waals surface area contributed by atoms with Crippen molar-refractivity contribution >= 4 is 35.1 Å². The Morgan fingerprint density at radius 2 is 1.00 bits per heavy atom. The van der Waals surface area contributed by atoms with Gasteiger partial charge in [0.15, 0.2) is 11.6 Å². The molecule has 0 aliphatic carbocycles. The maximum Gasteiger partial charge on any atom is 0.414 e. The van der Waals surface area contributed by atoms with Gasteiger partial charge in [-0.2, -0.15) is 0 Å². The zero-order valence-electron chi connectivity index (χ0n) is 21.9. The van der Waals surface area contributed by atoms with Crippen LogP contribution in [0.15, 0.2) is 24.3 Å². The van der Waals surface area contributed by atoms with E-state index in [1.54, 1.807) is 12.1 Å². The minimum absolute atomic E-state index is 0.0769. The molecule has 1 aliphatic rings. The van der Waals surface area contributed by atoms with Crippen LogP contribution in [0.4, 0.5) is 21.0 Å². The number of anilines is 2. The monoisotopic (exact) mass is 494 g/mol. The van der Waals surface area contributed by atoms with Crippen molar-refractivity contribution in [3.8, 4) is 0 Å². The summed E-state index contributed by atoms with van der Waals surface area (Å²) in [5.41, 5.74) is 5.49. The van der Waals surface area contributed by atoms with Crippen molar-refractivity contribution < 1.29 is 28.7 Å². The van der Waals surface area contributed by atoms with Crippen LogP contribution in [0.1, 0.15) is 68.7 Å². The molecule has 1 aliphatic heterocycles. The van der Waals surface area contributed by atoms with Crippen LogP contribution in [0.3, 0.4) is 0 Å². The second-order valence-corrected chi connectivity index (χ2v) is 9.20. The molecule has 0 saturated heterocycles. The third-order valence-corrected chi connectivity index (χ3v) is 6.63. The molecule has 36 heavy (non-hydrogen) atoms. The van der Waals surface area contributed by atoms with Gasteiger partial charge >= 0.3 is 12.2 Å². The van der Waals surface area contributed by atoms with E-state index in [1.807, 2.05) is 39.8 Å². The highest BCUT2D eigenvalue weighted by molar-refractivity contribution is 6.01. The van der Waals surface area contributed by atoms with Crippen molar-refractivity contribution in [1.82, 2.24) is 0 Å². The molecule has 0 radical (unpaired) electrons. The number of ether oxygens (including phenoxy) is 2. The zero-order chi connectivity index (χ0) is 26.6. The van der Waals surface area contributed by atoms with Gasteiger partial charge in [0.25, 0.3) is 0 Å². The van der Waals surface area contributed by atoms with E-state index >= 15 is 0 Å². The highest BCUT2D eigenvalue weighted by Crippen LogP contribution is 2.30. The summed E-state index contributed by atoms with van der Waals surface area (Å²) in [7, 11) is 2.62. The number of benzene rings is 2. The van der Waals surface area contributed by atoms with Crippen LogP contribution in [-0.4, -0.2) is 51.1 Å². The smallest absolute Gasteiger partial charge is 0.414 e. The van der Waals surface area contributed by atoms with Crippen LogP contribution in [0.25, 0.3) is 0 Å². The maximum absolute atomic E-state index is 13.2. The lowest BCUT2D eigenvalue weighted by Crippen LogP contribution is -2.33. The number of Topliss-reactive ketones (excluding diaryl/α,β-unsaturated/α-hetero) is 2. The molecule has 0 unspecified atom stereocenters. The van der Waals surface area contributed by atoms with Gasteiger partial charge in [0.2, 0.25) is 0 Å². The number of carbonyl (C=O) groups excluding carboxylic acids is 4. The molecule has 0 aromatic heterocycles. The molecule has 2 aromatic carbocycles. The Kier molecular flexibility index (Phi) is 8.50. The standard InChI is InChI=1S/C28H34N2O6/c1-17-13-19(3)23-15-21(17)25(31)9-7-11-30(28(34)36-6)24-16-22(18(2)14-20(24)4)26(32)10-8-12-29(23)27(33)35-5/h13-16H,7-12H2,1-6H3. The Bertz CT molecular complexity index is 1110. The van der Waals surface area contributed by atoms with Crippen molar-refractivity contribution in [1.29, 1.82) is 0 Å². The number of hydrogen-bond donors (Lipinski definition) is 0. The molecule has 3 rings (SSSR count). The summed E-state index contributed by atoms with van der Waals surface area (Å²) < 4.78 is 10.0. The summed E-state index contributed by atoms with van der Waals surface area (Å²) in [5, 5.41) is 0. The van der Waals surface area contributed by atoms with Crippen LogP contribution >= 0.6 is 0 Å². The number of rotatable bonds is 0. The molecule has 0 spiro atoms. The average molecular weight is 495 g/mol. The van der Waals surface area contributed by atoms with Gasteiger partial charge in [-0.3, -0.25) is 19.4 Å². The summed E-state index contributed by atoms with van der Waals surface area (Å²) in [5.74, 6) is -0.154. The molecule has 0 saturated carbocycles. The number of fused-ring (bicyclic) bond motifs is 4. The van der Waals surface area contributed by atoms with Crippen LogP contribution in [0.2, 0.25) is 0 Å². The number of aryl methyl sites for hydroxylation is 4. The Hall–Kier alpha value is -3.68. The number of methoxy groups -OCH3 is 2. The minimum atomic E-state index is -0.545. The Morgan fingerprint density at radius 3 is 1.33 bits per heavy atom. The molecule has 8 heteroatoms. The van der Waals surface area contributed by atoms with Gasteiger partial charge in [-0.15, -0.1) is 0 Å². The summed E-state index contributed by atoms with van der Waals surface area (Å²) in [6.45, 7) is 7.98. The Labute approximate surface area is 212 Å². The van der Waals surface area contributed by atoms with Crippen molar-refractivity contribution in [2.24, 2.45) is 0 Å². The lowest BCUT2D eigenvalue weighted by molar-refractivity contribution is 0.0972. The van der Waals surface area contributed by atoms with Gasteiger partial charge in [-0.25, -0.2) is 9.59 Å². The molecular weight excluding hydrogens is 460 g/mol. The lowest BCUT2D eigenvalue weighted by Gasteiger charge is -2.26. The van der Waals surface area contributed by atoms with Crippen molar-refractivity contribution in [3.63, 3.8) is 0 Å². The first kappa shape index (κ1) is 26.9. The second-order valence-electron chi connectivity index (χ2n) is 9.20. The summed E-state index contributed by atoms with van der Waals surface area (Å²) >= 11 is 0. The summed E-state index contributed by atoms with van der Waals surface area (Å²) in [4.78, 5) is 54.7. The minimum Gasteiger partial charge on any atom is -0.452 e. The van der Waals surface area contributed by atoms with E-state index in [0.717, 1.165) is 22.3 Å². The fraction of sp³-hybridized carbons (Fsp3) is 0.429. The molecule has 8 nitrogen and oxygen atoms in total. The number of hydrogen-bond acceptors (Lipinski definition) is 6. The van der Waals surface area contributed by atoms with Crippen LogP contribution in [0, 0.1) is 27.7 Å². The van der Waals surface area contributed by atoms with E-state index in [1.165, 1.54) is 24.0 Å². The fourth-order valence-electron chi connectivity index (χ4n) is 4.77. The Morgan fingerprint density at radius 1 is 0.639 bits per heavy atom. The molecule has 2 aromatic rings. The van der Waals surface area contributed by atoms with E-state index in [2.05, 4.69) is 0 Å². The first-order chi connectivity index (χ1) is 17.1. The molecular formula is C28H34N2O6. The van der Waals surface area contributed by atoms with Crippen LogP contribution in [-0.2, 0) is 9.47 Å². The van der Waals surface area contributed by atoms with Crippen molar-refractivity contribution in [2.45, 2.75) is 53.4 Å². The third kappa shape index (κ3) is 5.58. The number of carbonyl (C=O) groups is 4. The summed E-state index contributed by atoms with van der Waals surface area (Å²) in [6, 6.07) is 7.22.